The molecule has 6 heteroatoms. The van der Waals surface area contributed by atoms with Gasteiger partial charge in [0.2, 0.25) is 0 Å². The van der Waals surface area contributed by atoms with Crippen molar-refractivity contribution in [1.82, 2.24) is 0 Å². The third-order valence-electron chi connectivity index (χ3n) is 2.99. The molecule has 3 nitrogen and oxygen atoms in total. The highest BCUT2D eigenvalue weighted by molar-refractivity contribution is 7.16. The SMILES string of the molecule is CCCc1c(-c2ccc(OC(F)F)cc2)sc(C#N)c1N. The lowest BCUT2D eigenvalue weighted by atomic mass is 10.0. The molecule has 0 atom stereocenters. The van der Waals surface area contributed by atoms with Gasteiger partial charge in [-0.3, -0.25) is 0 Å². The number of hydrogen-bond acceptors (Lipinski definition) is 4. The number of anilines is 1. The summed E-state index contributed by atoms with van der Waals surface area (Å²) in [6.07, 6.45) is 1.68. The number of nitrogens with two attached hydrogens (primary N) is 1. The predicted molar refractivity (Wildman–Crippen MR) is 79.5 cm³/mol. The number of benzene rings is 1. The number of halogens is 2. The fraction of sp³-hybridized carbons (Fsp3) is 0.267. The quantitative estimate of drug-likeness (QED) is 0.889. The molecule has 110 valence electrons. The first-order chi connectivity index (χ1) is 10.1. The van der Waals surface area contributed by atoms with Crippen LogP contribution in [0.2, 0.25) is 0 Å². The number of nitrogens with zero attached hydrogens (tertiary/aromatic N) is 1. The van der Waals surface area contributed by atoms with E-state index in [0.717, 1.165) is 28.8 Å². The minimum atomic E-state index is -2.84. The highest BCUT2D eigenvalue weighted by atomic mass is 32.1. The van der Waals surface area contributed by atoms with E-state index < -0.39 is 6.61 Å². The molecule has 0 unspecified atom stereocenters. The van der Waals surface area contributed by atoms with Crippen molar-refractivity contribution in [3.05, 3.63) is 34.7 Å². The van der Waals surface area contributed by atoms with Crippen LogP contribution in [-0.2, 0) is 6.42 Å². The highest BCUT2D eigenvalue weighted by Gasteiger charge is 2.16. The smallest absolute Gasteiger partial charge is 0.387 e. The number of ether oxygens (including phenoxy) is 1. The number of rotatable bonds is 5. The molecule has 21 heavy (non-hydrogen) atoms. The van der Waals surface area contributed by atoms with Gasteiger partial charge in [0.05, 0.1) is 5.69 Å². The molecule has 0 aliphatic rings. The molecule has 0 spiro atoms. The van der Waals surface area contributed by atoms with E-state index in [1.807, 2.05) is 6.92 Å². The summed E-state index contributed by atoms with van der Waals surface area (Å²) in [6, 6.07) is 8.46. The van der Waals surface area contributed by atoms with Gasteiger partial charge in [-0.2, -0.15) is 14.0 Å². The Balaban J connectivity index is 2.39. The van der Waals surface area contributed by atoms with E-state index in [1.165, 1.54) is 23.5 Å². The molecule has 0 radical (unpaired) electrons. The molecule has 0 saturated heterocycles. The van der Waals surface area contributed by atoms with Crippen LogP contribution in [-0.4, -0.2) is 6.61 Å². The lowest BCUT2D eigenvalue weighted by Crippen LogP contribution is -2.01. The van der Waals surface area contributed by atoms with Crippen molar-refractivity contribution in [3.63, 3.8) is 0 Å². The Bertz CT molecular complexity index is 660. The Hall–Kier alpha value is -2.13. The van der Waals surface area contributed by atoms with Gasteiger partial charge in [0, 0.05) is 4.88 Å². The topological polar surface area (TPSA) is 59.0 Å². The maximum absolute atomic E-state index is 12.1. The lowest BCUT2D eigenvalue weighted by molar-refractivity contribution is -0.0498. The monoisotopic (exact) mass is 308 g/mol. The van der Waals surface area contributed by atoms with Crippen LogP contribution in [0.4, 0.5) is 14.5 Å². The second kappa shape index (κ2) is 6.55. The van der Waals surface area contributed by atoms with Crippen molar-refractivity contribution in [2.45, 2.75) is 26.4 Å². The second-order valence-electron chi connectivity index (χ2n) is 4.42. The first kappa shape index (κ1) is 15.3. The van der Waals surface area contributed by atoms with E-state index in [9.17, 15) is 8.78 Å². The average molecular weight is 308 g/mol. The Kier molecular flexibility index (Phi) is 4.76. The van der Waals surface area contributed by atoms with Gasteiger partial charge in [0.15, 0.2) is 0 Å². The van der Waals surface area contributed by atoms with E-state index in [0.29, 0.717) is 10.6 Å². The van der Waals surface area contributed by atoms with Gasteiger partial charge in [-0.15, -0.1) is 11.3 Å². The van der Waals surface area contributed by atoms with Gasteiger partial charge in [0.1, 0.15) is 16.7 Å². The molecule has 0 saturated carbocycles. The fourth-order valence-electron chi connectivity index (χ4n) is 2.08. The summed E-state index contributed by atoms with van der Waals surface area (Å²) >= 11 is 1.32. The van der Waals surface area contributed by atoms with Crippen LogP contribution in [0, 0.1) is 11.3 Å². The molecule has 0 bridgehead atoms. The van der Waals surface area contributed by atoms with E-state index in [2.05, 4.69) is 10.8 Å². The molecule has 1 heterocycles. The van der Waals surface area contributed by atoms with Crippen LogP contribution in [0.1, 0.15) is 23.8 Å². The molecular weight excluding hydrogens is 294 g/mol. The highest BCUT2D eigenvalue weighted by Crippen LogP contribution is 2.39. The summed E-state index contributed by atoms with van der Waals surface area (Å²) in [5.41, 5.74) is 8.31. The van der Waals surface area contributed by atoms with Crippen molar-refractivity contribution in [3.8, 4) is 22.3 Å². The van der Waals surface area contributed by atoms with Crippen LogP contribution >= 0.6 is 11.3 Å². The largest absolute Gasteiger partial charge is 0.435 e. The van der Waals surface area contributed by atoms with Crippen LogP contribution in [0.3, 0.4) is 0 Å². The molecule has 0 fully saturated rings. The number of hydrogen-bond donors (Lipinski definition) is 1. The molecule has 1 aromatic carbocycles. The Labute approximate surface area is 125 Å². The zero-order valence-corrected chi connectivity index (χ0v) is 12.2. The Morgan fingerprint density at radius 3 is 2.52 bits per heavy atom. The van der Waals surface area contributed by atoms with Crippen molar-refractivity contribution >= 4 is 17.0 Å². The number of nitriles is 1. The van der Waals surface area contributed by atoms with E-state index in [1.54, 1.807) is 12.1 Å². The molecule has 0 amide bonds. The second-order valence-corrected chi connectivity index (χ2v) is 5.44. The van der Waals surface area contributed by atoms with Crippen molar-refractivity contribution in [2.24, 2.45) is 0 Å². The standard InChI is InChI=1S/C15H14F2N2OS/c1-2-3-11-13(19)12(8-18)21-14(11)9-4-6-10(7-5-9)20-15(16)17/h4-7,15H,2-3,19H2,1H3. The maximum atomic E-state index is 12.1. The summed E-state index contributed by atoms with van der Waals surface area (Å²) in [5.74, 6) is 0.107. The molecule has 0 aliphatic carbocycles. The normalized spacial score (nSPS) is 10.6. The van der Waals surface area contributed by atoms with Gasteiger partial charge >= 0.3 is 6.61 Å². The summed E-state index contributed by atoms with van der Waals surface area (Å²) in [6.45, 7) is -0.805. The van der Waals surface area contributed by atoms with Gasteiger partial charge in [0.25, 0.3) is 0 Å². The van der Waals surface area contributed by atoms with Crippen molar-refractivity contribution in [2.75, 3.05) is 5.73 Å². The summed E-state index contributed by atoms with van der Waals surface area (Å²) in [7, 11) is 0. The van der Waals surface area contributed by atoms with E-state index in [4.69, 9.17) is 11.0 Å². The molecule has 2 aromatic rings. The van der Waals surface area contributed by atoms with Gasteiger partial charge in [-0.05, 0) is 41.8 Å². The zero-order valence-electron chi connectivity index (χ0n) is 11.4. The van der Waals surface area contributed by atoms with Crippen molar-refractivity contribution < 1.29 is 13.5 Å². The van der Waals surface area contributed by atoms with Crippen molar-refractivity contribution in [1.29, 1.82) is 5.26 Å². The molecule has 1 aromatic heterocycles. The van der Waals surface area contributed by atoms with Crippen LogP contribution in [0.15, 0.2) is 24.3 Å². The van der Waals surface area contributed by atoms with Gasteiger partial charge in [-0.1, -0.05) is 13.3 Å². The minimum Gasteiger partial charge on any atom is -0.435 e. The van der Waals surface area contributed by atoms with Gasteiger partial charge in [-0.25, -0.2) is 0 Å². The first-order valence-electron chi connectivity index (χ1n) is 6.43. The Morgan fingerprint density at radius 2 is 2.00 bits per heavy atom. The summed E-state index contributed by atoms with van der Waals surface area (Å²) in [5, 5.41) is 9.09. The predicted octanol–water partition coefficient (Wildman–Crippen LogP) is 4.42. The Morgan fingerprint density at radius 1 is 1.33 bits per heavy atom. The third-order valence-corrected chi connectivity index (χ3v) is 4.19. The van der Waals surface area contributed by atoms with E-state index >= 15 is 0 Å². The van der Waals surface area contributed by atoms with Crippen LogP contribution < -0.4 is 10.5 Å². The summed E-state index contributed by atoms with van der Waals surface area (Å²) in [4.78, 5) is 1.40. The third kappa shape index (κ3) is 3.31. The van der Waals surface area contributed by atoms with Gasteiger partial charge < -0.3 is 10.5 Å². The zero-order chi connectivity index (χ0) is 15.4. The average Bonchev–Trinajstić information content (AvgIpc) is 2.77. The first-order valence-corrected chi connectivity index (χ1v) is 7.25. The van der Waals surface area contributed by atoms with Crippen LogP contribution in [0.25, 0.3) is 10.4 Å². The number of alkyl halides is 2. The summed E-state index contributed by atoms with van der Waals surface area (Å²) < 4.78 is 28.6. The maximum Gasteiger partial charge on any atom is 0.387 e. The molecular formula is C15H14F2N2OS. The molecule has 2 rings (SSSR count). The lowest BCUT2D eigenvalue weighted by Gasteiger charge is -2.07. The van der Waals surface area contributed by atoms with Crippen LogP contribution in [0.5, 0.6) is 5.75 Å². The molecule has 2 N–H and O–H groups in total. The fourth-order valence-corrected chi connectivity index (χ4v) is 3.15. The number of nitrogen functional groups attached to an aromatic ring is 1. The van der Waals surface area contributed by atoms with E-state index in [-0.39, 0.29) is 5.75 Å². The number of thiophene rings is 1. The molecule has 0 aliphatic heterocycles. The minimum absolute atomic E-state index is 0.107.